The molecule has 0 saturated carbocycles. The monoisotopic (exact) mass is 393 g/mol. The number of carbonyl (C=O) groups is 1. The molecule has 0 bridgehead atoms. The van der Waals surface area contributed by atoms with Crippen molar-refractivity contribution in [2.45, 2.75) is 26.7 Å². The van der Waals surface area contributed by atoms with Crippen LogP contribution in [0.4, 0.5) is 0 Å². The van der Waals surface area contributed by atoms with E-state index in [1.807, 2.05) is 24.3 Å². The van der Waals surface area contributed by atoms with E-state index < -0.39 is 0 Å². The molecular formula is C13H14IrNO-. The Bertz CT molecular complexity index is 409. The van der Waals surface area contributed by atoms with Crippen LogP contribution in [0.15, 0.2) is 29.3 Å². The first kappa shape index (κ1) is 13.3. The Hall–Kier alpha value is -0.791. The normalized spacial score (nSPS) is 18.6. The van der Waals surface area contributed by atoms with E-state index in [0.29, 0.717) is 6.42 Å². The zero-order valence-electron chi connectivity index (χ0n) is 9.41. The molecular weight excluding hydrogens is 378 g/mol. The Kier molecular flexibility index (Phi) is 4.17. The van der Waals surface area contributed by atoms with Gasteiger partial charge in [-0.2, -0.15) is 0 Å². The molecule has 2 rings (SSSR count). The van der Waals surface area contributed by atoms with Gasteiger partial charge >= 0.3 is 0 Å². The fourth-order valence-electron chi connectivity index (χ4n) is 1.84. The van der Waals surface area contributed by atoms with Gasteiger partial charge in [0.25, 0.3) is 0 Å². The minimum absolute atomic E-state index is 0. The quantitative estimate of drug-likeness (QED) is 0.676. The van der Waals surface area contributed by atoms with Crippen molar-refractivity contribution in [3.63, 3.8) is 0 Å². The molecule has 2 nitrogen and oxygen atoms in total. The molecule has 1 aliphatic heterocycles. The Labute approximate surface area is 110 Å². The summed E-state index contributed by atoms with van der Waals surface area (Å²) in [5.74, 6) is -0.0124. The smallest absolute Gasteiger partial charge is 0.236 e. The van der Waals surface area contributed by atoms with Crippen molar-refractivity contribution in [3.8, 4) is 0 Å². The first-order valence-corrected chi connectivity index (χ1v) is 5.19. The summed E-state index contributed by atoms with van der Waals surface area (Å²) in [6.45, 7) is 4.25. The topological polar surface area (TPSA) is 29.4 Å². The van der Waals surface area contributed by atoms with Crippen molar-refractivity contribution < 1.29 is 24.9 Å². The van der Waals surface area contributed by atoms with E-state index in [-0.39, 0.29) is 31.4 Å². The predicted octanol–water partition coefficient (Wildman–Crippen LogP) is 2.62. The average molecular weight is 392 g/mol. The first-order valence-electron chi connectivity index (χ1n) is 5.19. The van der Waals surface area contributed by atoms with Gasteiger partial charge in [-0.15, -0.1) is 35.9 Å². The molecule has 1 aliphatic rings. The van der Waals surface area contributed by atoms with Gasteiger partial charge in [0.15, 0.2) is 0 Å². The third-order valence-corrected chi connectivity index (χ3v) is 2.81. The van der Waals surface area contributed by atoms with Crippen molar-refractivity contribution in [2.75, 3.05) is 0 Å². The number of benzene rings is 1. The summed E-state index contributed by atoms with van der Waals surface area (Å²) in [6.07, 6.45) is 1.43. The van der Waals surface area contributed by atoms with Crippen molar-refractivity contribution in [1.29, 1.82) is 0 Å². The van der Waals surface area contributed by atoms with Crippen molar-refractivity contribution in [1.82, 2.24) is 0 Å². The minimum Gasteiger partial charge on any atom is -0.274 e. The standard InChI is InChI=1S/C13H14NO.Ir/c1-13(2)9-8-11(15)14-12(13)10-6-4-3-5-7-10;/h3-6H,8-9H2,1-2H3;/q-1;. The molecule has 0 unspecified atom stereocenters. The van der Waals surface area contributed by atoms with Crippen molar-refractivity contribution in [2.24, 2.45) is 10.4 Å². The molecule has 0 aromatic heterocycles. The third-order valence-electron chi connectivity index (χ3n) is 2.81. The molecule has 0 N–H and O–H groups in total. The van der Waals surface area contributed by atoms with Crippen LogP contribution >= 0.6 is 0 Å². The van der Waals surface area contributed by atoms with Crippen LogP contribution in [0.1, 0.15) is 32.3 Å². The Morgan fingerprint density at radius 1 is 1.38 bits per heavy atom. The van der Waals surface area contributed by atoms with Gasteiger partial charge in [0, 0.05) is 26.5 Å². The first-order chi connectivity index (χ1) is 7.09. The van der Waals surface area contributed by atoms with Crippen LogP contribution in [-0.4, -0.2) is 11.6 Å². The molecule has 16 heavy (non-hydrogen) atoms. The Balaban J connectivity index is 0.00000128. The predicted molar refractivity (Wildman–Crippen MR) is 59.8 cm³/mol. The van der Waals surface area contributed by atoms with Gasteiger partial charge in [-0.25, -0.2) is 0 Å². The summed E-state index contributed by atoms with van der Waals surface area (Å²) in [5.41, 5.74) is 1.79. The maximum atomic E-state index is 11.3. The minimum atomic E-state index is -0.0221. The number of aliphatic imine (C=N–C) groups is 1. The van der Waals surface area contributed by atoms with Crippen LogP contribution in [-0.2, 0) is 24.9 Å². The van der Waals surface area contributed by atoms with E-state index in [1.165, 1.54) is 0 Å². The zero-order valence-corrected chi connectivity index (χ0v) is 11.8. The summed E-state index contributed by atoms with van der Waals surface area (Å²) in [6, 6.07) is 10.8. The second-order valence-corrected chi connectivity index (χ2v) is 4.51. The number of carbonyl (C=O) groups excluding carboxylic acids is 1. The molecule has 1 aromatic carbocycles. The number of rotatable bonds is 1. The molecule has 1 aromatic rings. The number of hydrogen-bond donors (Lipinski definition) is 0. The molecule has 1 amide bonds. The molecule has 0 aliphatic carbocycles. The van der Waals surface area contributed by atoms with Crippen LogP contribution < -0.4 is 0 Å². The van der Waals surface area contributed by atoms with Gasteiger partial charge in [0.05, 0.1) is 0 Å². The third kappa shape index (κ3) is 2.66. The van der Waals surface area contributed by atoms with E-state index >= 15 is 0 Å². The van der Waals surface area contributed by atoms with Crippen LogP contribution in [0.5, 0.6) is 0 Å². The van der Waals surface area contributed by atoms with E-state index in [1.54, 1.807) is 0 Å². The van der Waals surface area contributed by atoms with Gasteiger partial charge in [-0.3, -0.25) is 9.79 Å². The fraction of sp³-hybridized carbons (Fsp3) is 0.385. The molecule has 1 heterocycles. The number of amides is 1. The summed E-state index contributed by atoms with van der Waals surface area (Å²) >= 11 is 0. The molecule has 0 fully saturated rings. The van der Waals surface area contributed by atoms with E-state index in [0.717, 1.165) is 17.7 Å². The molecule has 87 valence electrons. The van der Waals surface area contributed by atoms with E-state index in [4.69, 9.17) is 0 Å². The largest absolute Gasteiger partial charge is 0.274 e. The fourth-order valence-corrected chi connectivity index (χ4v) is 1.84. The van der Waals surface area contributed by atoms with Gasteiger partial charge < -0.3 is 0 Å². The molecule has 0 atom stereocenters. The number of hydrogen-bond acceptors (Lipinski definition) is 1. The molecule has 0 spiro atoms. The van der Waals surface area contributed by atoms with Crippen LogP contribution in [0, 0.1) is 11.5 Å². The van der Waals surface area contributed by atoms with Crippen LogP contribution in [0.2, 0.25) is 0 Å². The van der Waals surface area contributed by atoms with Crippen LogP contribution in [0.25, 0.3) is 0 Å². The van der Waals surface area contributed by atoms with Gasteiger partial charge in [0.2, 0.25) is 5.91 Å². The van der Waals surface area contributed by atoms with Gasteiger partial charge in [-0.1, -0.05) is 13.8 Å². The second-order valence-electron chi connectivity index (χ2n) is 4.51. The summed E-state index contributed by atoms with van der Waals surface area (Å²) in [7, 11) is 0. The SMILES string of the molecule is CC1(C)CCC(=O)N=C1c1[c-]cccc1.[Ir]. The van der Waals surface area contributed by atoms with Crippen LogP contribution in [0.3, 0.4) is 0 Å². The van der Waals surface area contributed by atoms with E-state index in [9.17, 15) is 4.79 Å². The molecule has 0 saturated heterocycles. The van der Waals surface area contributed by atoms with Gasteiger partial charge in [-0.05, 0) is 17.5 Å². The summed E-state index contributed by atoms with van der Waals surface area (Å²) in [4.78, 5) is 15.5. The van der Waals surface area contributed by atoms with E-state index in [2.05, 4.69) is 24.9 Å². The Morgan fingerprint density at radius 2 is 2.12 bits per heavy atom. The zero-order chi connectivity index (χ0) is 10.9. The second kappa shape index (κ2) is 5.03. The maximum Gasteiger partial charge on any atom is 0.236 e. The molecule has 3 heteroatoms. The molecule has 1 radical (unpaired) electrons. The Morgan fingerprint density at radius 3 is 2.75 bits per heavy atom. The van der Waals surface area contributed by atoms with Gasteiger partial charge in [0.1, 0.15) is 0 Å². The average Bonchev–Trinajstić information content (AvgIpc) is 2.23. The maximum absolute atomic E-state index is 11.3. The number of nitrogens with zero attached hydrogens (tertiary/aromatic N) is 1. The van der Waals surface area contributed by atoms with Crippen molar-refractivity contribution >= 4 is 11.6 Å². The van der Waals surface area contributed by atoms with Crippen molar-refractivity contribution in [3.05, 3.63) is 35.9 Å². The summed E-state index contributed by atoms with van der Waals surface area (Å²) in [5, 5.41) is 0. The summed E-state index contributed by atoms with van der Waals surface area (Å²) < 4.78 is 0.